The Morgan fingerprint density at radius 2 is 1.54 bits per heavy atom. The molecule has 0 unspecified atom stereocenters. The molecule has 2 aromatic carbocycles. The molecule has 3 rings (SSSR count). The highest BCUT2D eigenvalue weighted by atomic mass is 35.5. The molecule has 0 radical (unpaired) electrons. The van der Waals surface area contributed by atoms with E-state index in [0.29, 0.717) is 65.3 Å². The third-order valence-corrected chi connectivity index (χ3v) is 5.64. The van der Waals surface area contributed by atoms with Crippen molar-refractivity contribution in [2.45, 2.75) is 12.8 Å². The molecule has 2 N–H and O–H groups in total. The summed E-state index contributed by atoms with van der Waals surface area (Å²) in [4.78, 5) is 38.3. The molecule has 0 aliphatic rings. The Labute approximate surface area is 236 Å². The van der Waals surface area contributed by atoms with Gasteiger partial charge in [0.25, 0.3) is 0 Å². The number of nitrogens with zero attached hydrogens (tertiary/aromatic N) is 2. The minimum Gasteiger partial charge on any atom is -0.488 e. The molecule has 0 saturated heterocycles. The number of pyridine rings is 1. The van der Waals surface area contributed by atoms with E-state index in [2.05, 4.69) is 4.98 Å². The molecule has 0 saturated carbocycles. The van der Waals surface area contributed by atoms with Crippen LogP contribution in [0.4, 0.5) is 0 Å². The Balaban J connectivity index is 0.000000580. The largest absolute Gasteiger partial charge is 0.488 e. The van der Waals surface area contributed by atoms with Crippen molar-refractivity contribution in [1.82, 2.24) is 9.88 Å². The van der Waals surface area contributed by atoms with Gasteiger partial charge in [0, 0.05) is 43.4 Å². The molecular weight excluding hydrogens is 547 g/mol. The number of carbonyl (C=O) groups excluding carboxylic acids is 1. The summed E-state index contributed by atoms with van der Waals surface area (Å²) >= 11 is 12.4. The van der Waals surface area contributed by atoms with Crippen LogP contribution in [0.5, 0.6) is 17.4 Å². The maximum absolute atomic E-state index is 12.9. The molecule has 1 aromatic heterocycles. The van der Waals surface area contributed by atoms with Crippen LogP contribution in [0.25, 0.3) is 0 Å². The van der Waals surface area contributed by atoms with Gasteiger partial charge in [-0.1, -0.05) is 53.5 Å². The zero-order chi connectivity index (χ0) is 28.8. The highest BCUT2D eigenvalue weighted by Gasteiger charge is 2.18. The Hall–Kier alpha value is -3.92. The zero-order valence-corrected chi connectivity index (χ0v) is 22.9. The maximum atomic E-state index is 12.9. The summed E-state index contributed by atoms with van der Waals surface area (Å²) in [5.74, 6) is -1.58. The van der Waals surface area contributed by atoms with Crippen molar-refractivity contribution in [2.24, 2.45) is 0 Å². The van der Waals surface area contributed by atoms with Crippen molar-refractivity contribution in [1.29, 1.82) is 0 Å². The Morgan fingerprint density at radius 1 is 0.923 bits per heavy atom. The van der Waals surface area contributed by atoms with Crippen molar-refractivity contribution < 1.29 is 34.1 Å². The first-order chi connectivity index (χ1) is 18.6. The van der Waals surface area contributed by atoms with Crippen molar-refractivity contribution in [3.63, 3.8) is 0 Å². The molecule has 11 heteroatoms. The van der Waals surface area contributed by atoms with Gasteiger partial charge in [-0.15, -0.1) is 0 Å². The number of likely N-dealkylation sites (N-methyl/N-ethyl adjacent to an activating group) is 1. The van der Waals surface area contributed by atoms with Crippen molar-refractivity contribution >= 4 is 40.9 Å². The number of aryl methyl sites for hydroxylation is 1. The third-order valence-electron chi connectivity index (χ3n) is 4.91. The molecule has 0 aliphatic carbocycles. The number of halogens is 2. The minimum absolute atomic E-state index is 0.0536. The molecule has 0 atom stereocenters. The number of carbonyl (C=O) groups is 3. The van der Waals surface area contributed by atoms with Gasteiger partial charge in [0.1, 0.15) is 6.61 Å². The molecule has 0 bridgehead atoms. The lowest BCUT2D eigenvalue weighted by molar-refractivity contribution is -0.134. The number of hydrogen-bond acceptors (Lipinski definition) is 7. The molecule has 0 aliphatic heterocycles. The summed E-state index contributed by atoms with van der Waals surface area (Å²) in [6.07, 6.45) is 3.68. The van der Waals surface area contributed by atoms with Gasteiger partial charge in [0.15, 0.2) is 17.3 Å². The molecule has 0 amide bonds. The van der Waals surface area contributed by atoms with Crippen LogP contribution in [-0.2, 0) is 16.0 Å². The van der Waals surface area contributed by atoms with E-state index >= 15 is 0 Å². The number of benzene rings is 2. The fourth-order valence-electron chi connectivity index (χ4n) is 3.01. The number of rotatable bonds is 12. The number of carboxylic acids is 2. The van der Waals surface area contributed by atoms with Gasteiger partial charge in [-0.2, -0.15) is 0 Å². The molecule has 0 spiro atoms. The van der Waals surface area contributed by atoms with Gasteiger partial charge in [0.2, 0.25) is 5.88 Å². The summed E-state index contributed by atoms with van der Waals surface area (Å²) in [7, 11) is 3.91. The van der Waals surface area contributed by atoms with Crippen molar-refractivity contribution in [2.75, 3.05) is 27.2 Å². The third kappa shape index (κ3) is 11.6. The van der Waals surface area contributed by atoms with E-state index in [1.807, 2.05) is 49.3 Å². The number of ether oxygens (including phenoxy) is 2. The lowest BCUT2D eigenvalue weighted by Crippen LogP contribution is -2.19. The van der Waals surface area contributed by atoms with Crippen molar-refractivity contribution in [3.8, 4) is 17.4 Å². The quantitative estimate of drug-likeness (QED) is 0.208. The van der Waals surface area contributed by atoms with Gasteiger partial charge in [-0.25, -0.2) is 14.6 Å². The molecule has 206 valence electrons. The minimum atomic E-state index is -1.26. The highest BCUT2D eigenvalue weighted by molar-refractivity contribution is 6.42. The zero-order valence-electron chi connectivity index (χ0n) is 21.3. The second kappa shape index (κ2) is 16.1. The topological polar surface area (TPSA) is 126 Å². The smallest absolute Gasteiger partial charge is 0.328 e. The second-order valence-corrected chi connectivity index (χ2v) is 9.06. The van der Waals surface area contributed by atoms with E-state index in [9.17, 15) is 14.4 Å². The Morgan fingerprint density at radius 3 is 2.13 bits per heavy atom. The summed E-state index contributed by atoms with van der Waals surface area (Å²) < 4.78 is 11.8. The Kier molecular flexibility index (Phi) is 12.9. The predicted octanol–water partition coefficient (Wildman–Crippen LogP) is 5.65. The van der Waals surface area contributed by atoms with Crippen molar-refractivity contribution in [3.05, 3.63) is 94.1 Å². The summed E-state index contributed by atoms with van der Waals surface area (Å²) in [6, 6.07) is 16.5. The molecule has 9 nitrogen and oxygen atoms in total. The van der Waals surface area contributed by atoms with Gasteiger partial charge in [-0.05, 0) is 38.2 Å². The van der Waals surface area contributed by atoms with E-state index in [1.54, 1.807) is 30.5 Å². The van der Waals surface area contributed by atoms with Gasteiger partial charge >= 0.3 is 11.9 Å². The average molecular weight is 575 g/mol. The monoisotopic (exact) mass is 574 g/mol. The lowest BCUT2D eigenvalue weighted by atomic mass is 10.0. The molecular formula is C28H28Cl2N2O7. The summed E-state index contributed by atoms with van der Waals surface area (Å²) in [6.45, 7) is 1.15. The summed E-state index contributed by atoms with van der Waals surface area (Å²) in [5, 5.41) is 16.3. The fraction of sp³-hybridized carbons (Fsp3) is 0.214. The number of aromatic nitrogens is 1. The second-order valence-electron chi connectivity index (χ2n) is 8.24. The summed E-state index contributed by atoms with van der Waals surface area (Å²) in [5.41, 5.74) is 1.51. The van der Waals surface area contributed by atoms with Crippen LogP contribution >= 0.6 is 23.2 Å². The van der Waals surface area contributed by atoms with E-state index in [0.717, 1.165) is 5.56 Å². The lowest BCUT2D eigenvalue weighted by Gasteiger charge is -2.16. The van der Waals surface area contributed by atoms with E-state index in [1.165, 1.54) is 0 Å². The van der Waals surface area contributed by atoms with E-state index < -0.39 is 11.9 Å². The molecule has 1 heterocycles. The number of hydrogen-bond donors (Lipinski definition) is 2. The van der Waals surface area contributed by atoms with Crippen LogP contribution in [-0.4, -0.2) is 65.1 Å². The molecule has 3 aromatic rings. The standard InChI is InChI=1S/C24H24Cl2N2O3.C4H4O4/c1-28(2)13-14-30-22-15-19(25)20(26)16-23(22)31-24-18(9-6-12-27-24)21(29)11-10-17-7-4-3-5-8-17;5-3(6)1-2-4(7)8/h3-9,12,15-16H,10-11,13-14H2,1-2H3;1-2H,(H,5,6)(H,7,8). The average Bonchev–Trinajstić information content (AvgIpc) is 2.90. The number of ketones is 1. The number of carboxylic acid groups (broad SMARTS) is 2. The first-order valence-electron chi connectivity index (χ1n) is 11.7. The number of aliphatic carboxylic acids is 2. The van der Waals surface area contributed by atoms with Gasteiger partial charge in [-0.3, -0.25) is 4.79 Å². The van der Waals surface area contributed by atoms with Crippen LogP contribution < -0.4 is 9.47 Å². The van der Waals surface area contributed by atoms with E-state index in [4.69, 9.17) is 42.9 Å². The van der Waals surface area contributed by atoms with Crippen LogP contribution in [0.1, 0.15) is 22.3 Å². The SMILES string of the molecule is CN(C)CCOc1cc(Cl)c(Cl)cc1Oc1ncccc1C(=O)CCc1ccccc1.O=C(O)C=CC(=O)O. The molecule has 39 heavy (non-hydrogen) atoms. The first-order valence-corrected chi connectivity index (χ1v) is 12.4. The predicted molar refractivity (Wildman–Crippen MR) is 148 cm³/mol. The normalized spacial score (nSPS) is 10.6. The van der Waals surface area contributed by atoms with Gasteiger partial charge < -0.3 is 24.6 Å². The Bertz CT molecular complexity index is 1280. The van der Waals surface area contributed by atoms with Crippen LogP contribution in [0.15, 0.2) is 72.9 Å². The maximum Gasteiger partial charge on any atom is 0.328 e. The van der Waals surface area contributed by atoms with Crippen LogP contribution in [0.2, 0.25) is 10.0 Å². The molecule has 0 fully saturated rings. The number of Topliss-reactive ketones (excluding diaryl/α,β-unsaturated/α-hetero) is 1. The first kappa shape index (κ1) is 31.3. The highest BCUT2D eigenvalue weighted by Crippen LogP contribution is 2.39. The van der Waals surface area contributed by atoms with Gasteiger partial charge in [0.05, 0.1) is 15.6 Å². The van der Waals surface area contributed by atoms with Crippen LogP contribution in [0, 0.1) is 0 Å². The van der Waals surface area contributed by atoms with Crippen LogP contribution in [0.3, 0.4) is 0 Å². The van der Waals surface area contributed by atoms with E-state index in [-0.39, 0.29) is 11.7 Å². The fourth-order valence-corrected chi connectivity index (χ4v) is 3.32.